The van der Waals surface area contributed by atoms with Crippen molar-refractivity contribution in [3.63, 3.8) is 0 Å². The van der Waals surface area contributed by atoms with Gasteiger partial charge in [0.15, 0.2) is 0 Å². The maximum Gasteiger partial charge on any atom is 0.253 e. The average Bonchev–Trinajstić information content (AvgIpc) is 2.87. The minimum Gasteiger partial charge on any atom is -0.385 e. The Morgan fingerprint density at radius 2 is 1.88 bits per heavy atom. The van der Waals surface area contributed by atoms with Gasteiger partial charge in [0.2, 0.25) is 0 Å². The van der Waals surface area contributed by atoms with Gasteiger partial charge in [-0.1, -0.05) is 30.3 Å². The lowest BCUT2D eigenvalue weighted by Gasteiger charge is -2.22. The molecule has 0 saturated carbocycles. The smallest absolute Gasteiger partial charge is 0.253 e. The molecule has 2 aromatic rings. The van der Waals surface area contributed by atoms with Crippen molar-refractivity contribution in [2.45, 2.75) is 12.8 Å². The third-order valence-electron chi connectivity index (χ3n) is 4.69. The number of ether oxygens (including phenoxy) is 1. The van der Waals surface area contributed by atoms with Crippen LogP contribution in [-0.4, -0.2) is 62.1 Å². The molecular weight excluding hydrogens is 300 g/mol. The van der Waals surface area contributed by atoms with Gasteiger partial charge in [-0.05, 0) is 42.3 Å². The van der Waals surface area contributed by atoms with Gasteiger partial charge in [0.05, 0.1) is 0 Å². The van der Waals surface area contributed by atoms with Crippen LogP contribution < -0.4 is 0 Å². The Labute approximate surface area is 144 Å². The number of fused-ring (bicyclic) bond motifs is 1. The molecule has 0 unspecified atom stereocenters. The van der Waals surface area contributed by atoms with Crippen LogP contribution in [0.4, 0.5) is 0 Å². The summed E-state index contributed by atoms with van der Waals surface area (Å²) in [5.74, 6) is 0.152. The van der Waals surface area contributed by atoms with Crippen LogP contribution in [0.2, 0.25) is 0 Å². The van der Waals surface area contributed by atoms with Gasteiger partial charge in [-0.3, -0.25) is 4.79 Å². The summed E-state index contributed by atoms with van der Waals surface area (Å²) >= 11 is 0. The first kappa shape index (κ1) is 16.9. The predicted octanol–water partition coefficient (Wildman–Crippen LogP) is 3.02. The first-order valence-electron chi connectivity index (χ1n) is 8.77. The van der Waals surface area contributed by atoms with Crippen LogP contribution in [0, 0.1) is 0 Å². The van der Waals surface area contributed by atoms with E-state index in [0.29, 0.717) is 0 Å². The third-order valence-corrected chi connectivity index (χ3v) is 4.69. The summed E-state index contributed by atoms with van der Waals surface area (Å²) in [5, 5.41) is 2.30. The van der Waals surface area contributed by atoms with Crippen LogP contribution >= 0.6 is 0 Å². The second-order valence-electron chi connectivity index (χ2n) is 6.40. The van der Waals surface area contributed by atoms with Gasteiger partial charge in [-0.25, -0.2) is 0 Å². The van der Waals surface area contributed by atoms with Crippen LogP contribution in [0.3, 0.4) is 0 Å². The molecule has 0 radical (unpaired) electrons. The highest BCUT2D eigenvalue weighted by molar-refractivity contribution is 5.98. The number of carbonyl (C=O) groups is 1. The Balaban J connectivity index is 1.63. The van der Waals surface area contributed by atoms with Crippen molar-refractivity contribution in [3.8, 4) is 0 Å². The number of carbonyl (C=O) groups excluding carboxylic acids is 1. The van der Waals surface area contributed by atoms with Gasteiger partial charge in [0, 0.05) is 45.5 Å². The minimum atomic E-state index is 0.152. The lowest BCUT2D eigenvalue weighted by molar-refractivity contribution is 0.0761. The van der Waals surface area contributed by atoms with Crippen LogP contribution in [0.5, 0.6) is 0 Å². The molecule has 4 heteroatoms. The zero-order chi connectivity index (χ0) is 16.8. The highest BCUT2D eigenvalue weighted by Gasteiger charge is 2.20. The Bertz CT molecular complexity index is 686. The predicted molar refractivity (Wildman–Crippen MR) is 97.4 cm³/mol. The molecule has 1 heterocycles. The number of hydrogen-bond donors (Lipinski definition) is 0. The van der Waals surface area contributed by atoms with E-state index in [0.717, 1.165) is 63.1 Å². The molecule has 3 rings (SSSR count). The standard InChI is InChI=1S/C20H26N2O2/c1-24-15-5-11-21-10-4-12-22(14-13-21)20(23)19-9-8-17-6-2-3-7-18(17)16-19/h2-3,6-9,16H,4-5,10-15H2,1H3. The van der Waals surface area contributed by atoms with Crippen LogP contribution in [-0.2, 0) is 4.74 Å². The zero-order valence-corrected chi connectivity index (χ0v) is 14.4. The van der Waals surface area contributed by atoms with Crippen LogP contribution in [0.15, 0.2) is 42.5 Å². The molecule has 24 heavy (non-hydrogen) atoms. The van der Waals surface area contributed by atoms with Crippen molar-refractivity contribution < 1.29 is 9.53 Å². The summed E-state index contributed by atoms with van der Waals surface area (Å²) in [7, 11) is 1.74. The van der Waals surface area contributed by atoms with E-state index in [1.54, 1.807) is 7.11 Å². The summed E-state index contributed by atoms with van der Waals surface area (Å²) < 4.78 is 5.13. The largest absolute Gasteiger partial charge is 0.385 e. The molecule has 1 saturated heterocycles. The Kier molecular flexibility index (Phi) is 5.83. The molecule has 1 amide bonds. The van der Waals surface area contributed by atoms with Crippen molar-refractivity contribution in [2.75, 3.05) is 46.4 Å². The number of amides is 1. The molecule has 0 aromatic heterocycles. The van der Waals surface area contributed by atoms with Gasteiger partial charge < -0.3 is 14.5 Å². The van der Waals surface area contributed by atoms with Crippen molar-refractivity contribution in [1.29, 1.82) is 0 Å². The Morgan fingerprint density at radius 1 is 1.04 bits per heavy atom. The van der Waals surface area contributed by atoms with Gasteiger partial charge in [-0.15, -0.1) is 0 Å². The van der Waals surface area contributed by atoms with E-state index < -0.39 is 0 Å². The lowest BCUT2D eigenvalue weighted by Crippen LogP contribution is -2.35. The maximum atomic E-state index is 12.9. The first-order chi connectivity index (χ1) is 11.8. The number of nitrogens with zero attached hydrogens (tertiary/aromatic N) is 2. The molecule has 0 N–H and O–H groups in total. The number of benzene rings is 2. The molecule has 4 nitrogen and oxygen atoms in total. The zero-order valence-electron chi connectivity index (χ0n) is 14.4. The monoisotopic (exact) mass is 326 g/mol. The van der Waals surface area contributed by atoms with Crippen molar-refractivity contribution >= 4 is 16.7 Å². The van der Waals surface area contributed by atoms with Crippen molar-refractivity contribution in [2.24, 2.45) is 0 Å². The summed E-state index contributed by atoms with van der Waals surface area (Å²) in [5.41, 5.74) is 0.793. The molecule has 0 spiro atoms. The van der Waals surface area contributed by atoms with Gasteiger partial charge in [-0.2, -0.15) is 0 Å². The second-order valence-corrected chi connectivity index (χ2v) is 6.40. The number of methoxy groups -OCH3 is 1. The second kappa shape index (κ2) is 8.27. The molecule has 1 aliphatic heterocycles. The molecule has 1 aliphatic rings. The van der Waals surface area contributed by atoms with Crippen molar-refractivity contribution in [1.82, 2.24) is 9.80 Å². The van der Waals surface area contributed by atoms with E-state index >= 15 is 0 Å². The molecule has 0 aliphatic carbocycles. The highest BCUT2D eigenvalue weighted by atomic mass is 16.5. The van der Waals surface area contributed by atoms with E-state index in [4.69, 9.17) is 4.74 Å². The van der Waals surface area contributed by atoms with E-state index in [-0.39, 0.29) is 5.91 Å². The molecule has 0 atom stereocenters. The maximum absolute atomic E-state index is 12.9. The van der Waals surface area contributed by atoms with Gasteiger partial charge in [0.25, 0.3) is 5.91 Å². The normalized spacial score (nSPS) is 16.3. The third kappa shape index (κ3) is 4.13. The molecule has 1 fully saturated rings. The van der Waals surface area contributed by atoms with Crippen molar-refractivity contribution in [3.05, 3.63) is 48.0 Å². The minimum absolute atomic E-state index is 0.152. The number of hydrogen-bond acceptors (Lipinski definition) is 3. The van der Waals surface area contributed by atoms with E-state index in [1.165, 1.54) is 5.39 Å². The summed E-state index contributed by atoms with van der Waals surface area (Å²) in [4.78, 5) is 17.3. The highest BCUT2D eigenvalue weighted by Crippen LogP contribution is 2.17. The Hall–Kier alpha value is -1.91. The van der Waals surface area contributed by atoms with E-state index in [9.17, 15) is 4.79 Å². The van der Waals surface area contributed by atoms with Gasteiger partial charge in [0.1, 0.15) is 0 Å². The van der Waals surface area contributed by atoms with E-state index in [1.807, 2.05) is 35.2 Å². The quantitative estimate of drug-likeness (QED) is 0.792. The molecule has 2 aromatic carbocycles. The molecular formula is C20H26N2O2. The van der Waals surface area contributed by atoms with Crippen LogP contribution in [0.25, 0.3) is 10.8 Å². The van der Waals surface area contributed by atoms with Crippen LogP contribution in [0.1, 0.15) is 23.2 Å². The Morgan fingerprint density at radius 3 is 2.71 bits per heavy atom. The summed E-state index contributed by atoms with van der Waals surface area (Å²) in [6.45, 7) is 5.50. The molecule has 0 bridgehead atoms. The summed E-state index contributed by atoms with van der Waals surface area (Å²) in [6, 6.07) is 14.2. The lowest BCUT2D eigenvalue weighted by atomic mass is 10.1. The number of rotatable bonds is 5. The van der Waals surface area contributed by atoms with E-state index in [2.05, 4.69) is 17.0 Å². The average molecular weight is 326 g/mol. The topological polar surface area (TPSA) is 32.8 Å². The SMILES string of the molecule is COCCCN1CCCN(C(=O)c2ccc3ccccc3c2)CC1. The fraction of sp³-hybridized carbons (Fsp3) is 0.450. The summed E-state index contributed by atoms with van der Waals surface area (Å²) in [6.07, 6.45) is 2.08. The molecule has 128 valence electrons. The first-order valence-corrected chi connectivity index (χ1v) is 8.77. The van der Waals surface area contributed by atoms with Gasteiger partial charge >= 0.3 is 0 Å². The fourth-order valence-electron chi connectivity index (χ4n) is 3.34. The fourth-order valence-corrected chi connectivity index (χ4v) is 3.34.